The fourth-order valence-corrected chi connectivity index (χ4v) is 3.49. The van der Waals surface area contributed by atoms with E-state index in [1.54, 1.807) is 6.20 Å². The van der Waals surface area contributed by atoms with Gasteiger partial charge >= 0.3 is 0 Å². The average molecular weight is 361 g/mol. The fourth-order valence-electron chi connectivity index (χ4n) is 3.36. The van der Waals surface area contributed by atoms with Crippen LogP contribution in [0.25, 0.3) is 0 Å². The Bertz CT molecular complexity index is 802. The van der Waals surface area contributed by atoms with Gasteiger partial charge in [-0.2, -0.15) is 0 Å². The van der Waals surface area contributed by atoms with Crippen molar-refractivity contribution < 1.29 is 4.74 Å². The topological polar surface area (TPSA) is 27.1 Å². The molecule has 5 heteroatoms. The van der Waals surface area contributed by atoms with Crippen LogP contribution in [0.3, 0.4) is 0 Å². The van der Waals surface area contributed by atoms with Crippen LogP contribution in [0.5, 0.6) is 0 Å². The molecule has 0 spiro atoms. The summed E-state index contributed by atoms with van der Waals surface area (Å²) in [6.45, 7) is 1.39. The van der Waals surface area contributed by atoms with Crippen molar-refractivity contribution in [2.75, 3.05) is 6.61 Å². The Hall–Kier alpha value is -1.81. The van der Waals surface area contributed by atoms with Gasteiger partial charge in [-0.1, -0.05) is 48.0 Å². The Morgan fingerprint density at radius 3 is 2.67 bits per heavy atom. The minimum absolute atomic E-state index is 0. The molecule has 2 heterocycles. The monoisotopic (exact) mass is 360 g/mol. The Balaban J connectivity index is 0.00000169. The van der Waals surface area contributed by atoms with Crippen molar-refractivity contribution in [3.63, 3.8) is 0 Å². The van der Waals surface area contributed by atoms with E-state index in [0.717, 1.165) is 17.0 Å². The van der Waals surface area contributed by atoms with Crippen LogP contribution in [0.15, 0.2) is 67.3 Å². The molecule has 24 heavy (non-hydrogen) atoms. The number of nitrogens with zero attached hydrogens (tertiary/aromatic N) is 2. The second-order valence-corrected chi connectivity index (χ2v) is 6.26. The van der Waals surface area contributed by atoms with Crippen molar-refractivity contribution >= 4 is 24.0 Å². The molecule has 1 aliphatic heterocycles. The Labute approximate surface area is 152 Å². The highest BCUT2D eigenvalue weighted by atomic mass is 35.5. The maximum atomic E-state index is 6.40. The number of fused-ring (bicyclic) bond motifs is 1. The van der Waals surface area contributed by atoms with E-state index < -0.39 is 5.60 Å². The largest absolute Gasteiger partial charge is 0.363 e. The SMILES string of the molecule is Cl.Clc1ccc(C2(Cn3ccnc3)OCCc3ccccc32)cc1. The quantitative estimate of drug-likeness (QED) is 0.688. The van der Waals surface area contributed by atoms with E-state index in [4.69, 9.17) is 16.3 Å². The van der Waals surface area contributed by atoms with E-state index in [2.05, 4.69) is 45.9 Å². The molecule has 1 unspecified atom stereocenters. The second kappa shape index (κ2) is 6.98. The molecule has 3 aromatic rings. The minimum Gasteiger partial charge on any atom is -0.363 e. The molecule has 1 aromatic heterocycles. The highest BCUT2D eigenvalue weighted by Gasteiger charge is 2.39. The number of imidazole rings is 1. The highest BCUT2D eigenvalue weighted by molar-refractivity contribution is 6.30. The summed E-state index contributed by atoms with van der Waals surface area (Å²) in [5.41, 5.74) is 3.17. The number of hydrogen-bond acceptors (Lipinski definition) is 2. The third-order valence-corrected chi connectivity index (χ3v) is 4.70. The van der Waals surface area contributed by atoms with Crippen LogP contribution in [0.2, 0.25) is 5.02 Å². The summed E-state index contributed by atoms with van der Waals surface area (Å²) >= 11 is 6.08. The van der Waals surface area contributed by atoms with Gasteiger partial charge < -0.3 is 9.30 Å². The lowest BCUT2D eigenvalue weighted by atomic mass is 9.80. The summed E-state index contributed by atoms with van der Waals surface area (Å²) in [6, 6.07) is 16.5. The number of ether oxygens (including phenoxy) is 1. The molecule has 0 aliphatic carbocycles. The molecule has 0 bridgehead atoms. The van der Waals surface area contributed by atoms with Crippen LogP contribution in [0, 0.1) is 0 Å². The van der Waals surface area contributed by atoms with Gasteiger partial charge in [0, 0.05) is 17.4 Å². The average Bonchev–Trinajstić information content (AvgIpc) is 3.09. The number of benzene rings is 2. The van der Waals surface area contributed by atoms with Crippen molar-refractivity contribution in [3.05, 3.63) is 89.0 Å². The van der Waals surface area contributed by atoms with Gasteiger partial charge in [0.25, 0.3) is 0 Å². The minimum atomic E-state index is -0.514. The lowest BCUT2D eigenvalue weighted by Crippen LogP contribution is -2.40. The van der Waals surface area contributed by atoms with Crippen molar-refractivity contribution in [3.8, 4) is 0 Å². The number of rotatable bonds is 3. The van der Waals surface area contributed by atoms with E-state index in [1.807, 2.05) is 24.7 Å². The van der Waals surface area contributed by atoms with E-state index in [-0.39, 0.29) is 12.4 Å². The van der Waals surface area contributed by atoms with E-state index in [0.29, 0.717) is 13.2 Å². The van der Waals surface area contributed by atoms with Gasteiger partial charge in [0.2, 0.25) is 0 Å². The molecule has 2 aromatic carbocycles. The van der Waals surface area contributed by atoms with E-state index in [1.165, 1.54) is 11.1 Å². The first-order valence-electron chi connectivity index (χ1n) is 7.72. The number of aromatic nitrogens is 2. The highest BCUT2D eigenvalue weighted by Crippen LogP contribution is 2.40. The van der Waals surface area contributed by atoms with Crippen LogP contribution < -0.4 is 0 Å². The predicted octanol–water partition coefficient (Wildman–Crippen LogP) is 4.47. The second-order valence-electron chi connectivity index (χ2n) is 5.82. The molecule has 3 nitrogen and oxygen atoms in total. The first-order chi connectivity index (χ1) is 11.3. The summed E-state index contributed by atoms with van der Waals surface area (Å²) in [5.74, 6) is 0. The lowest BCUT2D eigenvalue weighted by molar-refractivity contribution is -0.0407. The van der Waals surface area contributed by atoms with Gasteiger partial charge in [0.1, 0.15) is 5.60 Å². The van der Waals surface area contributed by atoms with Gasteiger partial charge in [0.15, 0.2) is 0 Å². The molecule has 1 atom stereocenters. The fraction of sp³-hybridized carbons (Fsp3) is 0.211. The van der Waals surface area contributed by atoms with Crippen LogP contribution in [0.4, 0.5) is 0 Å². The van der Waals surface area contributed by atoms with Crippen LogP contribution in [0.1, 0.15) is 16.7 Å². The summed E-state index contributed by atoms with van der Waals surface area (Å²) in [7, 11) is 0. The van der Waals surface area contributed by atoms with Crippen LogP contribution >= 0.6 is 24.0 Å². The molecule has 0 radical (unpaired) electrons. The Morgan fingerprint density at radius 2 is 1.92 bits per heavy atom. The maximum Gasteiger partial charge on any atom is 0.136 e. The zero-order valence-corrected chi connectivity index (χ0v) is 14.6. The third kappa shape index (κ3) is 2.95. The molecule has 124 valence electrons. The van der Waals surface area contributed by atoms with E-state index >= 15 is 0 Å². The lowest BCUT2D eigenvalue weighted by Gasteiger charge is -2.40. The summed E-state index contributed by atoms with van der Waals surface area (Å²) in [5, 5.41) is 0.732. The van der Waals surface area contributed by atoms with Crippen LogP contribution in [-0.4, -0.2) is 16.2 Å². The third-order valence-electron chi connectivity index (χ3n) is 4.45. The molecular formula is C19H18Cl2N2O. The van der Waals surface area contributed by atoms with Gasteiger partial charge in [-0.05, 0) is 35.2 Å². The summed E-state index contributed by atoms with van der Waals surface area (Å²) in [6.07, 6.45) is 6.54. The van der Waals surface area contributed by atoms with Gasteiger partial charge in [-0.25, -0.2) is 4.98 Å². The van der Waals surface area contributed by atoms with Gasteiger partial charge in [-0.15, -0.1) is 12.4 Å². The first kappa shape index (κ1) is 17.0. The Kier molecular flexibility index (Phi) is 4.95. The number of halogens is 2. The maximum absolute atomic E-state index is 6.40. The molecular weight excluding hydrogens is 343 g/mol. The van der Waals surface area contributed by atoms with Crippen molar-refractivity contribution in [2.24, 2.45) is 0 Å². The Morgan fingerprint density at radius 1 is 1.12 bits per heavy atom. The molecule has 1 aliphatic rings. The molecule has 0 saturated heterocycles. The van der Waals surface area contributed by atoms with Gasteiger partial charge in [-0.3, -0.25) is 0 Å². The van der Waals surface area contributed by atoms with Crippen molar-refractivity contribution in [2.45, 2.75) is 18.6 Å². The molecule has 0 amide bonds. The zero-order chi connectivity index (χ0) is 15.7. The number of hydrogen-bond donors (Lipinski definition) is 0. The standard InChI is InChI=1S/C19H17ClN2O.ClH/c20-17-7-5-16(6-8-17)19(13-22-11-10-21-14-22)18-4-2-1-3-15(18)9-12-23-19;/h1-8,10-11,14H,9,12-13H2;1H. The smallest absolute Gasteiger partial charge is 0.136 e. The van der Waals surface area contributed by atoms with Gasteiger partial charge in [0.05, 0.1) is 19.5 Å². The molecule has 0 fully saturated rings. The predicted molar refractivity (Wildman–Crippen MR) is 97.8 cm³/mol. The summed E-state index contributed by atoms with van der Waals surface area (Å²) < 4.78 is 8.47. The van der Waals surface area contributed by atoms with Crippen LogP contribution in [-0.2, 0) is 23.3 Å². The van der Waals surface area contributed by atoms with E-state index in [9.17, 15) is 0 Å². The normalized spacial score (nSPS) is 19.4. The molecule has 0 saturated carbocycles. The summed E-state index contributed by atoms with van der Waals surface area (Å²) in [4.78, 5) is 4.17. The molecule has 0 N–H and O–H groups in total. The first-order valence-corrected chi connectivity index (χ1v) is 8.10. The molecule has 4 rings (SSSR count). The van der Waals surface area contributed by atoms with Crippen molar-refractivity contribution in [1.82, 2.24) is 9.55 Å². The van der Waals surface area contributed by atoms with Crippen molar-refractivity contribution in [1.29, 1.82) is 0 Å². The zero-order valence-electron chi connectivity index (χ0n) is 13.1.